The first-order valence-electron chi connectivity index (χ1n) is 7.50. The molecule has 1 aromatic rings. The van der Waals surface area contributed by atoms with Crippen LogP contribution in [0.1, 0.15) is 31.7 Å². The molecule has 2 aliphatic rings. The summed E-state index contributed by atoms with van der Waals surface area (Å²) in [5.74, 6) is 0. The highest BCUT2D eigenvalue weighted by Gasteiger charge is 2.34. The Bertz CT molecular complexity index is 423. The number of benzene rings is 1. The van der Waals surface area contributed by atoms with Crippen LogP contribution in [0.2, 0.25) is 0 Å². The zero-order valence-electron chi connectivity index (χ0n) is 11.7. The summed E-state index contributed by atoms with van der Waals surface area (Å²) < 4.78 is 5.92. The van der Waals surface area contributed by atoms with Gasteiger partial charge in [-0.15, -0.1) is 0 Å². The Labute approximate surface area is 115 Å². The lowest BCUT2D eigenvalue weighted by atomic mass is 10.0. The summed E-state index contributed by atoms with van der Waals surface area (Å²) in [7, 11) is 0. The predicted molar refractivity (Wildman–Crippen MR) is 78.5 cm³/mol. The number of nitrogens with zero attached hydrogens (tertiary/aromatic N) is 1. The van der Waals surface area contributed by atoms with E-state index in [2.05, 4.69) is 36.1 Å². The van der Waals surface area contributed by atoms with Crippen LogP contribution in [0.4, 0.5) is 5.69 Å². The second-order valence-corrected chi connectivity index (χ2v) is 5.86. The molecule has 2 aliphatic heterocycles. The lowest BCUT2D eigenvalue weighted by Gasteiger charge is -2.35. The zero-order valence-corrected chi connectivity index (χ0v) is 11.7. The molecule has 1 aromatic carbocycles. The van der Waals surface area contributed by atoms with Gasteiger partial charge in [0, 0.05) is 24.8 Å². The predicted octanol–water partition coefficient (Wildman–Crippen LogP) is 2.33. The summed E-state index contributed by atoms with van der Waals surface area (Å²) >= 11 is 0. The number of anilines is 1. The monoisotopic (exact) mass is 260 g/mol. The number of nitrogens with two attached hydrogens (primary N) is 1. The van der Waals surface area contributed by atoms with Gasteiger partial charge in [0.25, 0.3) is 0 Å². The fourth-order valence-electron chi connectivity index (χ4n) is 3.23. The van der Waals surface area contributed by atoms with Crippen LogP contribution in [0.3, 0.4) is 0 Å². The van der Waals surface area contributed by atoms with E-state index in [4.69, 9.17) is 10.5 Å². The Hall–Kier alpha value is -1.06. The van der Waals surface area contributed by atoms with Gasteiger partial charge in [0.15, 0.2) is 0 Å². The van der Waals surface area contributed by atoms with Crippen LogP contribution in [-0.4, -0.2) is 31.3 Å². The van der Waals surface area contributed by atoms with Crippen LogP contribution in [0.5, 0.6) is 0 Å². The van der Waals surface area contributed by atoms with Gasteiger partial charge < -0.3 is 15.4 Å². The summed E-state index contributed by atoms with van der Waals surface area (Å²) in [6.45, 7) is 4.23. The summed E-state index contributed by atoms with van der Waals surface area (Å²) in [6.07, 6.45) is 5.32. The lowest BCUT2D eigenvalue weighted by molar-refractivity contribution is 0.0304. The van der Waals surface area contributed by atoms with E-state index in [1.165, 1.54) is 24.1 Å². The minimum atomic E-state index is 0.263. The molecule has 3 heteroatoms. The van der Waals surface area contributed by atoms with E-state index in [1.54, 1.807) is 0 Å². The van der Waals surface area contributed by atoms with Crippen molar-refractivity contribution in [2.24, 2.45) is 5.73 Å². The lowest BCUT2D eigenvalue weighted by Crippen LogP contribution is -2.43. The average Bonchev–Trinajstić information content (AvgIpc) is 2.78. The number of hydrogen-bond acceptors (Lipinski definition) is 3. The molecule has 2 saturated heterocycles. The van der Waals surface area contributed by atoms with Crippen LogP contribution in [-0.2, 0) is 11.2 Å². The molecule has 0 spiro atoms. The molecule has 2 heterocycles. The second kappa shape index (κ2) is 5.51. The molecule has 3 nitrogen and oxygen atoms in total. The molecule has 2 bridgehead atoms. The van der Waals surface area contributed by atoms with Crippen LogP contribution >= 0.6 is 0 Å². The molecule has 104 valence electrons. The van der Waals surface area contributed by atoms with Gasteiger partial charge in [-0.2, -0.15) is 0 Å². The molecule has 0 saturated carbocycles. The number of rotatable bonds is 4. The minimum absolute atomic E-state index is 0.263. The van der Waals surface area contributed by atoms with Crippen molar-refractivity contribution in [1.82, 2.24) is 0 Å². The Balaban J connectivity index is 1.80. The van der Waals surface area contributed by atoms with Gasteiger partial charge in [-0.3, -0.25) is 0 Å². The third kappa shape index (κ3) is 2.77. The average molecular weight is 260 g/mol. The van der Waals surface area contributed by atoms with Crippen molar-refractivity contribution in [3.8, 4) is 0 Å². The van der Waals surface area contributed by atoms with Crippen molar-refractivity contribution < 1.29 is 4.74 Å². The largest absolute Gasteiger partial charge is 0.371 e. The molecular formula is C16H24N2O. The van der Waals surface area contributed by atoms with Gasteiger partial charge in [0.2, 0.25) is 0 Å². The van der Waals surface area contributed by atoms with E-state index in [1.807, 2.05) is 0 Å². The SMILES string of the molecule is CCC(N)Cc1ccccc1N1CC2CCC(C1)O2. The van der Waals surface area contributed by atoms with E-state index >= 15 is 0 Å². The van der Waals surface area contributed by atoms with Crippen LogP contribution < -0.4 is 10.6 Å². The van der Waals surface area contributed by atoms with Crippen molar-refractivity contribution in [3.05, 3.63) is 29.8 Å². The molecule has 3 rings (SSSR count). The van der Waals surface area contributed by atoms with Gasteiger partial charge >= 0.3 is 0 Å². The first-order chi connectivity index (χ1) is 9.26. The molecule has 0 aliphatic carbocycles. The number of morpholine rings is 1. The smallest absolute Gasteiger partial charge is 0.0755 e. The van der Waals surface area contributed by atoms with E-state index in [-0.39, 0.29) is 6.04 Å². The molecular weight excluding hydrogens is 236 g/mol. The van der Waals surface area contributed by atoms with E-state index < -0.39 is 0 Å². The molecule has 0 aromatic heterocycles. The maximum absolute atomic E-state index is 6.13. The van der Waals surface area contributed by atoms with E-state index in [0.29, 0.717) is 12.2 Å². The minimum Gasteiger partial charge on any atom is -0.371 e. The van der Waals surface area contributed by atoms with Crippen molar-refractivity contribution in [2.75, 3.05) is 18.0 Å². The fraction of sp³-hybridized carbons (Fsp3) is 0.625. The topological polar surface area (TPSA) is 38.5 Å². The maximum Gasteiger partial charge on any atom is 0.0755 e. The normalized spacial score (nSPS) is 27.6. The Morgan fingerprint density at radius 3 is 2.63 bits per heavy atom. The Morgan fingerprint density at radius 2 is 1.95 bits per heavy atom. The summed E-state index contributed by atoms with van der Waals surface area (Å²) in [6, 6.07) is 8.98. The van der Waals surface area contributed by atoms with Crippen molar-refractivity contribution in [3.63, 3.8) is 0 Å². The van der Waals surface area contributed by atoms with Gasteiger partial charge in [-0.05, 0) is 37.3 Å². The Morgan fingerprint density at radius 1 is 1.26 bits per heavy atom. The van der Waals surface area contributed by atoms with E-state index in [0.717, 1.165) is 25.9 Å². The highest BCUT2D eigenvalue weighted by Crippen LogP contribution is 2.31. The highest BCUT2D eigenvalue weighted by atomic mass is 16.5. The van der Waals surface area contributed by atoms with Gasteiger partial charge in [-0.1, -0.05) is 25.1 Å². The van der Waals surface area contributed by atoms with E-state index in [9.17, 15) is 0 Å². The molecule has 2 N–H and O–H groups in total. The third-order valence-corrected chi connectivity index (χ3v) is 4.38. The van der Waals surface area contributed by atoms with Gasteiger partial charge in [0.1, 0.15) is 0 Å². The van der Waals surface area contributed by atoms with Crippen LogP contribution in [0.15, 0.2) is 24.3 Å². The quantitative estimate of drug-likeness (QED) is 0.903. The molecule has 19 heavy (non-hydrogen) atoms. The first-order valence-corrected chi connectivity index (χ1v) is 7.50. The highest BCUT2D eigenvalue weighted by molar-refractivity contribution is 5.54. The van der Waals surface area contributed by atoms with Gasteiger partial charge in [0.05, 0.1) is 12.2 Å². The molecule has 0 radical (unpaired) electrons. The molecule has 2 fully saturated rings. The van der Waals surface area contributed by atoms with Crippen molar-refractivity contribution in [1.29, 1.82) is 0 Å². The fourth-order valence-corrected chi connectivity index (χ4v) is 3.23. The summed E-state index contributed by atoms with van der Waals surface area (Å²) in [5, 5.41) is 0. The summed E-state index contributed by atoms with van der Waals surface area (Å²) in [4.78, 5) is 2.50. The number of ether oxygens (including phenoxy) is 1. The number of para-hydroxylation sites is 1. The molecule has 3 unspecified atom stereocenters. The molecule has 0 amide bonds. The van der Waals surface area contributed by atoms with Crippen LogP contribution in [0.25, 0.3) is 0 Å². The first kappa shape index (κ1) is 12.9. The van der Waals surface area contributed by atoms with Crippen LogP contribution in [0, 0.1) is 0 Å². The van der Waals surface area contributed by atoms with Gasteiger partial charge in [-0.25, -0.2) is 0 Å². The Kier molecular flexibility index (Phi) is 3.76. The maximum atomic E-state index is 6.13. The second-order valence-electron chi connectivity index (χ2n) is 5.86. The molecule has 3 atom stereocenters. The van der Waals surface area contributed by atoms with Crippen molar-refractivity contribution >= 4 is 5.69 Å². The van der Waals surface area contributed by atoms with Crippen molar-refractivity contribution in [2.45, 2.75) is 50.9 Å². The number of fused-ring (bicyclic) bond motifs is 2. The summed E-state index contributed by atoms with van der Waals surface area (Å²) in [5.41, 5.74) is 8.88. The number of hydrogen-bond donors (Lipinski definition) is 1. The third-order valence-electron chi connectivity index (χ3n) is 4.38. The standard InChI is InChI=1S/C16H24N2O/c1-2-13(17)9-12-5-3-4-6-16(12)18-10-14-7-8-15(11-18)19-14/h3-6,13-15H,2,7-11,17H2,1H3. The zero-order chi connectivity index (χ0) is 13.2.